The van der Waals surface area contributed by atoms with Crippen molar-refractivity contribution in [3.63, 3.8) is 0 Å². The molecule has 176 valence electrons. The fourth-order valence-electron chi connectivity index (χ4n) is 4.78. The van der Waals surface area contributed by atoms with Gasteiger partial charge < -0.3 is 0 Å². The third-order valence-electron chi connectivity index (χ3n) is 6.90. The molecule has 0 heterocycles. The molecule has 0 radical (unpaired) electrons. The van der Waals surface area contributed by atoms with Crippen LogP contribution in [0.15, 0.2) is 0 Å². The van der Waals surface area contributed by atoms with E-state index in [-0.39, 0.29) is 0 Å². The zero-order chi connectivity index (χ0) is 21.3. The van der Waals surface area contributed by atoms with Gasteiger partial charge in [-0.1, -0.05) is 181 Å². The van der Waals surface area contributed by atoms with E-state index in [0.29, 0.717) is 0 Å². The van der Waals surface area contributed by atoms with Crippen LogP contribution in [-0.4, -0.2) is 0 Å². The van der Waals surface area contributed by atoms with E-state index >= 15 is 0 Å². The molecule has 0 amide bonds. The van der Waals surface area contributed by atoms with Gasteiger partial charge in [-0.05, 0) is 5.92 Å². The lowest BCUT2D eigenvalue weighted by Crippen LogP contribution is -2.01. The Labute approximate surface area is 187 Å². The summed E-state index contributed by atoms with van der Waals surface area (Å²) in [5.41, 5.74) is 0. The largest absolute Gasteiger partial charge is 0.0654 e. The van der Waals surface area contributed by atoms with Gasteiger partial charge in [0.2, 0.25) is 0 Å². The van der Waals surface area contributed by atoms with Crippen LogP contribution in [0.5, 0.6) is 0 Å². The third kappa shape index (κ3) is 24.1. The van der Waals surface area contributed by atoms with Crippen molar-refractivity contribution >= 4 is 0 Å². The molecule has 0 spiro atoms. The van der Waals surface area contributed by atoms with Gasteiger partial charge in [0.1, 0.15) is 0 Å². The quantitative estimate of drug-likeness (QED) is 0.132. The second-order valence-corrected chi connectivity index (χ2v) is 9.95. The zero-order valence-electron chi connectivity index (χ0n) is 21.3. The van der Waals surface area contributed by atoms with Gasteiger partial charge in [0.05, 0.1) is 0 Å². The molecule has 0 aliphatic carbocycles. The molecule has 0 rings (SSSR count). The van der Waals surface area contributed by atoms with E-state index in [4.69, 9.17) is 0 Å². The topological polar surface area (TPSA) is 0 Å². The Kier molecular flexibility index (Phi) is 26.0. The third-order valence-corrected chi connectivity index (χ3v) is 6.90. The van der Waals surface area contributed by atoms with Crippen molar-refractivity contribution in [1.29, 1.82) is 0 Å². The van der Waals surface area contributed by atoms with Crippen LogP contribution in [0.2, 0.25) is 0 Å². The van der Waals surface area contributed by atoms with Crippen molar-refractivity contribution in [2.24, 2.45) is 5.92 Å². The molecule has 29 heavy (non-hydrogen) atoms. The molecule has 0 bridgehead atoms. The molecule has 0 heteroatoms. The van der Waals surface area contributed by atoms with Gasteiger partial charge in [-0.3, -0.25) is 0 Å². The Bertz CT molecular complexity index is 249. The minimum atomic E-state index is 1.04. The fraction of sp³-hybridized carbons (Fsp3) is 1.00. The highest BCUT2D eigenvalue weighted by Gasteiger charge is 2.08. The standard InChI is InChI=1S/C29H60/c1-4-7-10-13-16-18-21-24-27-29(26-23-20-15-12-9-6-3)28-25-22-19-17-14-11-8-5-2/h29H,4-28H2,1-3H3. The summed E-state index contributed by atoms with van der Waals surface area (Å²) in [6.45, 7) is 6.95. The Morgan fingerprint density at radius 3 is 0.724 bits per heavy atom. The van der Waals surface area contributed by atoms with Crippen molar-refractivity contribution in [3.05, 3.63) is 0 Å². The normalized spacial score (nSPS) is 11.6. The predicted octanol–water partition coefficient (Wildman–Crippen LogP) is 11.4. The lowest BCUT2D eigenvalue weighted by atomic mass is 9.89. The summed E-state index contributed by atoms with van der Waals surface area (Å²) in [5, 5.41) is 0. The van der Waals surface area contributed by atoms with Crippen molar-refractivity contribution < 1.29 is 0 Å². The molecule has 0 saturated heterocycles. The van der Waals surface area contributed by atoms with E-state index in [0.717, 1.165) is 5.92 Å². The summed E-state index contributed by atoms with van der Waals surface area (Å²) in [4.78, 5) is 0. The van der Waals surface area contributed by atoms with Crippen LogP contribution < -0.4 is 0 Å². The van der Waals surface area contributed by atoms with Gasteiger partial charge in [-0.15, -0.1) is 0 Å². The first-order chi connectivity index (χ1) is 14.3. The van der Waals surface area contributed by atoms with Crippen LogP contribution in [0.4, 0.5) is 0 Å². The number of unbranched alkanes of at least 4 members (excludes halogenated alkanes) is 19. The highest BCUT2D eigenvalue weighted by atomic mass is 14.1. The maximum absolute atomic E-state index is 2.32. The Balaban J connectivity index is 3.79. The van der Waals surface area contributed by atoms with Gasteiger partial charge in [-0.25, -0.2) is 0 Å². The molecule has 0 N–H and O–H groups in total. The molecule has 0 saturated carbocycles. The summed E-state index contributed by atoms with van der Waals surface area (Å²) < 4.78 is 0. The number of rotatable bonds is 25. The van der Waals surface area contributed by atoms with Crippen LogP contribution in [0, 0.1) is 5.92 Å². The van der Waals surface area contributed by atoms with Crippen LogP contribution in [0.1, 0.15) is 181 Å². The lowest BCUT2D eigenvalue weighted by Gasteiger charge is -2.17. The summed E-state index contributed by atoms with van der Waals surface area (Å²) in [6.07, 6.45) is 36.8. The Morgan fingerprint density at radius 2 is 0.483 bits per heavy atom. The zero-order valence-corrected chi connectivity index (χ0v) is 21.3. The van der Waals surface area contributed by atoms with E-state index in [1.807, 2.05) is 0 Å². The second-order valence-electron chi connectivity index (χ2n) is 9.95. The summed E-state index contributed by atoms with van der Waals surface area (Å²) >= 11 is 0. The highest BCUT2D eigenvalue weighted by Crippen LogP contribution is 2.25. The van der Waals surface area contributed by atoms with Crippen molar-refractivity contribution in [1.82, 2.24) is 0 Å². The average molecular weight is 409 g/mol. The van der Waals surface area contributed by atoms with Crippen molar-refractivity contribution in [2.45, 2.75) is 181 Å². The van der Waals surface area contributed by atoms with Gasteiger partial charge in [0, 0.05) is 0 Å². The van der Waals surface area contributed by atoms with Crippen molar-refractivity contribution in [2.75, 3.05) is 0 Å². The van der Waals surface area contributed by atoms with Crippen molar-refractivity contribution in [3.8, 4) is 0 Å². The van der Waals surface area contributed by atoms with E-state index in [2.05, 4.69) is 20.8 Å². The molecule has 0 unspecified atom stereocenters. The average Bonchev–Trinajstić information content (AvgIpc) is 2.73. The van der Waals surface area contributed by atoms with Crippen LogP contribution in [-0.2, 0) is 0 Å². The smallest absolute Gasteiger partial charge is 0.0414 e. The second kappa shape index (κ2) is 26.0. The van der Waals surface area contributed by atoms with E-state index in [1.165, 1.54) is 161 Å². The van der Waals surface area contributed by atoms with E-state index < -0.39 is 0 Å². The summed E-state index contributed by atoms with van der Waals surface area (Å²) in [5.74, 6) is 1.04. The lowest BCUT2D eigenvalue weighted by molar-refractivity contribution is 0.365. The van der Waals surface area contributed by atoms with Crippen LogP contribution >= 0.6 is 0 Å². The first-order valence-electron chi connectivity index (χ1n) is 14.3. The molecule has 0 aliphatic heterocycles. The maximum atomic E-state index is 2.32. The highest BCUT2D eigenvalue weighted by molar-refractivity contribution is 4.62. The molecule has 0 nitrogen and oxygen atoms in total. The summed E-state index contributed by atoms with van der Waals surface area (Å²) in [7, 11) is 0. The minimum absolute atomic E-state index is 1.04. The number of hydrogen-bond acceptors (Lipinski definition) is 0. The van der Waals surface area contributed by atoms with Gasteiger partial charge in [0.25, 0.3) is 0 Å². The summed E-state index contributed by atoms with van der Waals surface area (Å²) in [6, 6.07) is 0. The van der Waals surface area contributed by atoms with Gasteiger partial charge >= 0.3 is 0 Å². The SMILES string of the molecule is CCCCCCCCCCC(CCCCCCCC)CCCCCCCCCC. The maximum Gasteiger partial charge on any atom is -0.0414 e. The van der Waals surface area contributed by atoms with Crippen LogP contribution in [0.3, 0.4) is 0 Å². The van der Waals surface area contributed by atoms with Gasteiger partial charge in [0.15, 0.2) is 0 Å². The molecular weight excluding hydrogens is 348 g/mol. The molecule has 0 aromatic carbocycles. The monoisotopic (exact) mass is 408 g/mol. The predicted molar refractivity (Wildman–Crippen MR) is 136 cm³/mol. The molecule has 0 fully saturated rings. The Morgan fingerprint density at radius 1 is 0.276 bits per heavy atom. The molecular formula is C29H60. The molecule has 0 aromatic heterocycles. The first kappa shape index (κ1) is 29.0. The fourth-order valence-corrected chi connectivity index (χ4v) is 4.78. The number of hydrogen-bond donors (Lipinski definition) is 0. The first-order valence-corrected chi connectivity index (χ1v) is 14.3. The van der Waals surface area contributed by atoms with Crippen LogP contribution in [0.25, 0.3) is 0 Å². The molecule has 0 atom stereocenters. The molecule has 0 aliphatic rings. The van der Waals surface area contributed by atoms with E-state index in [1.54, 1.807) is 0 Å². The van der Waals surface area contributed by atoms with Gasteiger partial charge in [-0.2, -0.15) is 0 Å². The van der Waals surface area contributed by atoms with E-state index in [9.17, 15) is 0 Å². The molecule has 0 aromatic rings. The Hall–Kier alpha value is 0. The minimum Gasteiger partial charge on any atom is -0.0654 e.